The molecule has 2 aromatic rings. The first-order chi connectivity index (χ1) is 13.1. The summed E-state index contributed by atoms with van der Waals surface area (Å²) in [5.74, 6) is 1.42. The van der Waals surface area contributed by atoms with E-state index in [2.05, 4.69) is 4.90 Å². The number of Topliss-reactive ketones (excluding diaryl/α,β-unsaturated/α-hetero) is 1. The van der Waals surface area contributed by atoms with Crippen LogP contribution in [-0.2, 0) is 11.3 Å². The van der Waals surface area contributed by atoms with Gasteiger partial charge in [0.2, 0.25) is 0 Å². The highest BCUT2D eigenvalue weighted by Crippen LogP contribution is 2.38. The number of hydrogen-bond acceptors (Lipinski definition) is 6. The molecular formula is C21H23NO5. The zero-order valence-corrected chi connectivity index (χ0v) is 15.3. The number of carbonyl (C=O) groups is 1. The number of hydrogen-bond donors (Lipinski definition) is 1. The van der Waals surface area contributed by atoms with Gasteiger partial charge in [0, 0.05) is 31.3 Å². The summed E-state index contributed by atoms with van der Waals surface area (Å²) in [7, 11) is 1.58. The van der Waals surface area contributed by atoms with Crippen LogP contribution < -0.4 is 9.47 Å². The molecule has 6 heteroatoms. The third-order valence-corrected chi connectivity index (χ3v) is 5.11. The number of ether oxygens (including phenoxy) is 3. The van der Waals surface area contributed by atoms with E-state index in [0.29, 0.717) is 23.6 Å². The Morgan fingerprint density at radius 2 is 2.00 bits per heavy atom. The molecule has 0 saturated carbocycles. The summed E-state index contributed by atoms with van der Waals surface area (Å²) < 4.78 is 16.6. The number of morpholine rings is 1. The Labute approximate surface area is 158 Å². The number of carbonyl (C=O) groups excluding carboxylic acids is 1. The monoisotopic (exact) mass is 369 g/mol. The van der Waals surface area contributed by atoms with Crippen molar-refractivity contribution in [1.82, 2.24) is 4.90 Å². The van der Waals surface area contributed by atoms with Crippen molar-refractivity contribution in [2.45, 2.75) is 19.1 Å². The van der Waals surface area contributed by atoms with Gasteiger partial charge in [0.15, 0.2) is 5.78 Å². The van der Waals surface area contributed by atoms with Crippen molar-refractivity contribution in [2.75, 3.05) is 33.4 Å². The molecule has 1 fully saturated rings. The molecule has 27 heavy (non-hydrogen) atoms. The fourth-order valence-corrected chi connectivity index (χ4v) is 3.53. The van der Waals surface area contributed by atoms with Crippen molar-refractivity contribution in [2.24, 2.45) is 0 Å². The van der Waals surface area contributed by atoms with E-state index in [1.165, 1.54) is 0 Å². The Morgan fingerprint density at radius 3 is 2.74 bits per heavy atom. The van der Waals surface area contributed by atoms with Crippen LogP contribution in [0.1, 0.15) is 34.0 Å². The Hall–Kier alpha value is -2.57. The molecule has 2 aliphatic rings. The lowest BCUT2D eigenvalue weighted by Gasteiger charge is -2.28. The Bertz CT molecular complexity index is 844. The topological polar surface area (TPSA) is 68.2 Å². The van der Waals surface area contributed by atoms with Gasteiger partial charge in [-0.1, -0.05) is 12.1 Å². The van der Waals surface area contributed by atoms with Crippen LogP contribution in [0.3, 0.4) is 0 Å². The van der Waals surface area contributed by atoms with Crippen molar-refractivity contribution in [3.05, 3.63) is 53.1 Å². The van der Waals surface area contributed by atoms with E-state index in [1.54, 1.807) is 31.4 Å². The SMILES string of the molecule is COc1ccc2c(c1)O[C@H](c1ccc(CN3CCOCC3)c(O)c1)CC2=O. The summed E-state index contributed by atoms with van der Waals surface area (Å²) in [5.41, 5.74) is 2.23. The molecule has 1 atom stereocenters. The molecule has 0 bridgehead atoms. The molecule has 0 aliphatic carbocycles. The standard InChI is InChI=1S/C21H23NO5/c1-25-16-4-5-17-19(24)12-20(27-21(17)11-16)14-2-3-15(18(23)10-14)13-22-6-8-26-9-7-22/h2-5,10-11,20,23H,6-9,12-13H2,1H3/t20-/m0/s1. The van der Waals surface area contributed by atoms with E-state index in [4.69, 9.17) is 14.2 Å². The molecule has 0 aromatic heterocycles. The van der Waals surface area contributed by atoms with E-state index in [1.807, 2.05) is 12.1 Å². The van der Waals surface area contributed by atoms with Crippen LogP contribution >= 0.6 is 0 Å². The van der Waals surface area contributed by atoms with Crippen LogP contribution in [0.25, 0.3) is 0 Å². The highest BCUT2D eigenvalue weighted by Gasteiger charge is 2.28. The summed E-state index contributed by atoms with van der Waals surface area (Å²) in [5, 5.41) is 10.5. The molecule has 0 unspecified atom stereocenters. The quantitative estimate of drug-likeness (QED) is 0.894. The number of rotatable bonds is 4. The highest BCUT2D eigenvalue weighted by molar-refractivity contribution is 6.00. The van der Waals surface area contributed by atoms with Gasteiger partial charge >= 0.3 is 0 Å². The predicted octanol–water partition coefficient (Wildman–Crippen LogP) is 2.94. The third kappa shape index (κ3) is 3.77. The minimum absolute atomic E-state index is 0.0285. The lowest BCUT2D eigenvalue weighted by Crippen LogP contribution is -2.35. The van der Waals surface area contributed by atoms with E-state index >= 15 is 0 Å². The fraction of sp³-hybridized carbons (Fsp3) is 0.381. The first kappa shape index (κ1) is 17.8. The van der Waals surface area contributed by atoms with E-state index < -0.39 is 6.10 Å². The maximum atomic E-state index is 12.5. The number of fused-ring (bicyclic) bond motifs is 1. The molecule has 1 N–H and O–H groups in total. The maximum Gasteiger partial charge on any atom is 0.170 e. The Kier molecular flexibility index (Phi) is 5.01. The van der Waals surface area contributed by atoms with Crippen molar-refractivity contribution >= 4 is 5.78 Å². The van der Waals surface area contributed by atoms with Gasteiger partial charge in [-0.25, -0.2) is 0 Å². The summed E-state index contributed by atoms with van der Waals surface area (Å²) in [6.07, 6.45) is -0.165. The van der Waals surface area contributed by atoms with Gasteiger partial charge < -0.3 is 19.3 Å². The van der Waals surface area contributed by atoms with Gasteiger partial charge in [0.05, 0.1) is 32.3 Å². The van der Waals surface area contributed by atoms with E-state index in [9.17, 15) is 9.90 Å². The Balaban J connectivity index is 1.53. The number of phenolic OH excluding ortho intramolecular Hbond substituents is 1. The van der Waals surface area contributed by atoms with Gasteiger partial charge in [-0.05, 0) is 23.8 Å². The summed E-state index contributed by atoms with van der Waals surface area (Å²) in [4.78, 5) is 14.7. The normalized spacial score (nSPS) is 20.0. The van der Waals surface area contributed by atoms with Gasteiger partial charge in [-0.15, -0.1) is 0 Å². The van der Waals surface area contributed by atoms with Crippen LogP contribution in [0.4, 0.5) is 0 Å². The minimum Gasteiger partial charge on any atom is -0.508 e. The van der Waals surface area contributed by atoms with Gasteiger partial charge in [0.25, 0.3) is 0 Å². The average molecular weight is 369 g/mol. The number of aromatic hydroxyl groups is 1. The summed E-state index contributed by atoms with van der Waals surface area (Å²) >= 11 is 0. The number of ketones is 1. The molecule has 1 saturated heterocycles. The molecular weight excluding hydrogens is 346 g/mol. The highest BCUT2D eigenvalue weighted by atomic mass is 16.5. The van der Waals surface area contributed by atoms with Crippen LogP contribution in [0.5, 0.6) is 17.2 Å². The zero-order chi connectivity index (χ0) is 18.8. The smallest absolute Gasteiger partial charge is 0.170 e. The second-order valence-corrected chi connectivity index (χ2v) is 6.87. The van der Waals surface area contributed by atoms with Crippen molar-refractivity contribution in [1.29, 1.82) is 0 Å². The summed E-state index contributed by atoms with van der Waals surface area (Å²) in [6.45, 7) is 3.85. The van der Waals surface area contributed by atoms with Gasteiger partial charge in [-0.3, -0.25) is 9.69 Å². The predicted molar refractivity (Wildman–Crippen MR) is 99.5 cm³/mol. The molecule has 142 valence electrons. The molecule has 0 radical (unpaired) electrons. The van der Waals surface area contributed by atoms with Gasteiger partial charge in [0.1, 0.15) is 23.4 Å². The van der Waals surface area contributed by atoms with Crippen LogP contribution in [0.2, 0.25) is 0 Å². The number of methoxy groups -OCH3 is 1. The number of benzene rings is 2. The second kappa shape index (κ2) is 7.58. The molecule has 0 spiro atoms. The minimum atomic E-state index is -0.416. The Morgan fingerprint density at radius 1 is 1.19 bits per heavy atom. The summed E-state index contributed by atoms with van der Waals surface area (Å²) in [6, 6.07) is 10.8. The van der Waals surface area contributed by atoms with E-state index in [0.717, 1.165) is 37.4 Å². The lowest BCUT2D eigenvalue weighted by atomic mass is 9.95. The first-order valence-electron chi connectivity index (χ1n) is 9.14. The molecule has 2 heterocycles. The second-order valence-electron chi connectivity index (χ2n) is 6.87. The van der Waals surface area contributed by atoms with Crippen LogP contribution in [0.15, 0.2) is 36.4 Å². The average Bonchev–Trinajstić information content (AvgIpc) is 2.69. The largest absolute Gasteiger partial charge is 0.508 e. The van der Waals surface area contributed by atoms with E-state index in [-0.39, 0.29) is 18.0 Å². The third-order valence-electron chi connectivity index (χ3n) is 5.11. The first-order valence-corrected chi connectivity index (χ1v) is 9.14. The lowest BCUT2D eigenvalue weighted by molar-refractivity contribution is 0.0339. The zero-order valence-electron chi connectivity index (χ0n) is 15.3. The fourth-order valence-electron chi connectivity index (χ4n) is 3.53. The maximum absolute atomic E-state index is 12.5. The van der Waals surface area contributed by atoms with Crippen molar-refractivity contribution in [3.8, 4) is 17.2 Å². The molecule has 2 aliphatic heterocycles. The van der Waals surface area contributed by atoms with Crippen LogP contribution in [0, 0.1) is 0 Å². The van der Waals surface area contributed by atoms with Crippen LogP contribution in [-0.4, -0.2) is 49.2 Å². The molecule has 2 aromatic carbocycles. The molecule has 6 nitrogen and oxygen atoms in total. The van der Waals surface area contributed by atoms with Crippen molar-refractivity contribution in [3.63, 3.8) is 0 Å². The number of nitrogens with zero attached hydrogens (tertiary/aromatic N) is 1. The van der Waals surface area contributed by atoms with Gasteiger partial charge in [-0.2, -0.15) is 0 Å². The molecule has 4 rings (SSSR count). The number of phenols is 1. The van der Waals surface area contributed by atoms with Crippen molar-refractivity contribution < 1.29 is 24.1 Å². The molecule has 0 amide bonds.